The lowest BCUT2D eigenvalue weighted by atomic mass is 10.2. The molecule has 7 heteroatoms. The van der Waals surface area contributed by atoms with Crippen molar-refractivity contribution >= 4 is 59.2 Å². The van der Waals surface area contributed by atoms with Crippen LogP contribution in [-0.2, 0) is 15.4 Å². The summed E-state index contributed by atoms with van der Waals surface area (Å²) in [6.07, 6.45) is 0. The Morgan fingerprint density at radius 1 is 1.10 bits per heavy atom. The number of hydrogen-bond acceptors (Lipinski definition) is 2. The fraction of sp³-hybridized carbons (Fsp3) is 0.0769. The van der Waals surface area contributed by atoms with Crippen LogP contribution in [0.25, 0.3) is 0 Å². The summed E-state index contributed by atoms with van der Waals surface area (Å²) >= 11 is 12.4. The lowest BCUT2D eigenvalue weighted by molar-refractivity contribution is 0.601. The molecule has 0 saturated carbocycles. The largest absolute Gasteiger partial charge is 0.280 e. The van der Waals surface area contributed by atoms with Crippen LogP contribution in [0.15, 0.2) is 51.8 Å². The van der Waals surface area contributed by atoms with E-state index in [0.29, 0.717) is 20.5 Å². The van der Waals surface area contributed by atoms with Gasteiger partial charge in [0.2, 0.25) is 0 Å². The molecule has 0 unspecified atom stereocenters. The zero-order valence-corrected chi connectivity index (χ0v) is 14.9. The number of hydrogen-bond donors (Lipinski definition) is 1. The Labute approximate surface area is 139 Å². The molecule has 0 spiro atoms. The van der Waals surface area contributed by atoms with Crippen molar-refractivity contribution in [2.24, 2.45) is 0 Å². The van der Waals surface area contributed by atoms with Crippen LogP contribution in [0, 0.1) is 0 Å². The van der Waals surface area contributed by atoms with Crippen molar-refractivity contribution in [1.82, 2.24) is 0 Å². The minimum atomic E-state index is -3.60. The number of anilines is 1. The molecule has 0 aromatic heterocycles. The number of sulfonamides is 1. The van der Waals surface area contributed by atoms with Gasteiger partial charge >= 0.3 is 0 Å². The fourth-order valence-corrected chi connectivity index (χ4v) is 3.45. The number of halogens is 3. The predicted octanol–water partition coefficient (Wildman–Crippen LogP) is 4.80. The quantitative estimate of drug-likeness (QED) is 0.696. The van der Waals surface area contributed by atoms with Crippen LogP contribution in [0.5, 0.6) is 0 Å². The normalized spacial score (nSPS) is 11.3. The first-order chi connectivity index (χ1) is 9.42. The SMILES string of the molecule is O=S(=O)(Nc1ccc(Cl)c(Br)c1)c1ccc(CBr)cc1. The maximum Gasteiger partial charge on any atom is 0.261 e. The molecule has 3 nitrogen and oxygen atoms in total. The van der Waals surface area contributed by atoms with Crippen LogP contribution in [0.3, 0.4) is 0 Å². The summed E-state index contributed by atoms with van der Waals surface area (Å²) in [6.45, 7) is 0. The Balaban J connectivity index is 2.27. The minimum Gasteiger partial charge on any atom is -0.280 e. The van der Waals surface area contributed by atoms with Gasteiger partial charge in [-0.25, -0.2) is 8.42 Å². The molecular formula is C13H10Br2ClNO2S. The van der Waals surface area contributed by atoms with E-state index in [1.54, 1.807) is 42.5 Å². The highest BCUT2D eigenvalue weighted by Crippen LogP contribution is 2.27. The first-order valence-corrected chi connectivity index (χ1v) is 9.33. The number of alkyl halides is 1. The van der Waals surface area contributed by atoms with Gasteiger partial charge in [-0.05, 0) is 51.8 Å². The zero-order valence-electron chi connectivity index (χ0n) is 10.1. The molecule has 0 bridgehead atoms. The van der Waals surface area contributed by atoms with Gasteiger partial charge in [-0.2, -0.15) is 0 Å². The van der Waals surface area contributed by atoms with E-state index in [0.717, 1.165) is 5.56 Å². The summed E-state index contributed by atoms with van der Waals surface area (Å²) in [4.78, 5) is 0.216. The van der Waals surface area contributed by atoms with Crippen molar-refractivity contribution in [2.45, 2.75) is 10.2 Å². The third-order valence-electron chi connectivity index (χ3n) is 2.56. The van der Waals surface area contributed by atoms with E-state index in [9.17, 15) is 8.42 Å². The molecule has 106 valence electrons. The van der Waals surface area contributed by atoms with Crippen LogP contribution in [0.4, 0.5) is 5.69 Å². The number of benzene rings is 2. The molecule has 2 aromatic rings. The van der Waals surface area contributed by atoms with Crippen molar-refractivity contribution in [1.29, 1.82) is 0 Å². The predicted molar refractivity (Wildman–Crippen MR) is 89.0 cm³/mol. The monoisotopic (exact) mass is 437 g/mol. The van der Waals surface area contributed by atoms with Crippen LogP contribution in [0.1, 0.15) is 5.56 Å². The molecule has 1 N–H and O–H groups in total. The molecule has 0 radical (unpaired) electrons. The van der Waals surface area contributed by atoms with Gasteiger partial charge in [0.15, 0.2) is 0 Å². The zero-order chi connectivity index (χ0) is 14.8. The minimum absolute atomic E-state index is 0.216. The molecule has 20 heavy (non-hydrogen) atoms. The van der Waals surface area contributed by atoms with E-state index in [4.69, 9.17) is 11.6 Å². The second-order valence-corrected chi connectivity index (χ2v) is 7.52. The average molecular weight is 440 g/mol. The summed E-state index contributed by atoms with van der Waals surface area (Å²) in [5, 5.41) is 1.21. The summed E-state index contributed by atoms with van der Waals surface area (Å²) < 4.78 is 27.6. The van der Waals surface area contributed by atoms with Gasteiger partial charge in [-0.15, -0.1) is 0 Å². The molecular weight excluding hydrogens is 429 g/mol. The molecule has 0 atom stereocenters. The molecule has 0 heterocycles. The summed E-state index contributed by atoms with van der Waals surface area (Å²) in [5.74, 6) is 0. The van der Waals surface area contributed by atoms with Gasteiger partial charge in [-0.1, -0.05) is 39.7 Å². The third kappa shape index (κ3) is 3.75. The molecule has 0 fully saturated rings. The first kappa shape index (κ1) is 15.8. The smallest absolute Gasteiger partial charge is 0.261 e. The Bertz CT molecular complexity index is 718. The Hall–Kier alpha value is -0.560. The highest BCUT2D eigenvalue weighted by Gasteiger charge is 2.14. The molecule has 0 amide bonds. The van der Waals surface area contributed by atoms with E-state index in [1.807, 2.05) is 0 Å². The topological polar surface area (TPSA) is 46.2 Å². The maximum atomic E-state index is 12.2. The van der Waals surface area contributed by atoms with Crippen LogP contribution >= 0.6 is 43.5 Å². The average Bonchev–Trinajstić information content (AvgIpc) is 2.43. The Kier molecular flexibility index (Phi) is 5.12. The van der Waals surface area contributed by atoms with E-state index < -0.39 is 10.0 Å². The molecule has 2 aromatic carbocycles. The second-order valence-electron chi connectivity index (χ2n) is 4.01. The number of nitrogens with one attached hydrogen (secondary N) is 1. The van der Waals surface area contributed by atoms with E-state index in [-0.39, 0.29) is 4.90 Å². The van der Waals surface area contributed by atoms with Gasteiger partial charge in [0, 0.05) is 9.80 Å². The summed E-state index contributed by atoms with van der Waals surface area (Å²) in [7, 11) is -3.60. The molecule has 0 aliphatic heterocycles. The van der Waals surface area contributed by atoms with Crippen LogP contribution < -0.4 is 4.72 Å². The van der Waals surface area contributed by atoms with E-state index >= 15 is 0 Å². The highest BCUT2D eigenvalue weighted by atomic mass is 79.9. The van der Waals surface area contributed by atoms with Crippen molar-refractivity contribution in [3.63, 3.8) is 0 Å². The lowest BCUT2D eigenvalue weighted by Gasteiger charge is -2.09. The second kappa shape index (κ2) is 6.47. The molecule has 0 aliphatic carbocycles. The first-order valence-electron chi connectivity index (χ1n) is 5.55. The van der Waals surface area contributed by atoms with Gasteiger partial charge in [0.05, 0.1) is 15.6 Å². The van der Waals surface area contributed by atoms with Crippen molar-refractivity contribution < 1.29 is 8.42 Å². The van der Waals surface area contributed by atoms with Crippen LogP contribution in [-0.4, -0.2) is 8.42 Å². The van der Waals surface area contributed by atoms with E-state index in [2.05, 4.69) is 36.6 Å². The standard InChI is InChI=1S/C13H10Br2ClNO2S/c14-8-9-1-4-11(5-2-9)20(18,19)17-10-3-6-13(16)12(15)7-10/h1-7,17H,8H2. The molecule has 0 saturated heterocycles. The highest BCUT2D eigenvalue weighted by molar-refractivity contribution is 9.10. The third-order valence-corrected chi connectivity index (χ3v) is 5.82. The fourth-order valence-electron chi connectivity index (χ4n) is 1.53. The summed E-state index contributed by atoms with van der Waals surface area (Å²) in [6, 6.07) is 11.5. The van der Waals surface area contributed by atoms with Crippen molar-refractivity contribution in [3.8, 4) is 0 Å². The van der Waals surface area contributed by atoms with E-state index in [1.165, 1.54) is 0 Å². The lowest BCUT2D eigenvalue weighted by Crippen LogP contribution is -2.12. The number of rotatable bonds is 4. The maximum absolute atomic E-state index is 12.2. The Morgan fingerprint density at radius 3 is 2.30 bits per heavy atom. The van der Waals surface area contributed by atoms with Gasteiger partial charge in [-0.3, -0.25) is 4.72 Å². The van der Waals surface area contributed by atoms with Gasteiger partial charge in [0.1, 0.15) is 0 Å². The van der Waals surface area contributed by atoms with Gasteiger partial charge < -0.3 is 0 Å². The summed E-state index contributed by atoms with van der Waals surface area (Å²) in [5.41, 5.74) is 1.46. The molecule has 0 aliphatic rings. The van der Waals surface area contributed by atoms with Crippen molar-refractivity contribution in [2.75, 3.05) is 4.72 Å². The molecule has 2 rings (SSSR count). The van der Waals surface area contributed by atoms with Crippen molar-refractivity contribution in [3.05, 3.63) is 57.5 Å². The Morgan fingerprint density at radius 2 is 1.75 bits per heavy atom. The van der Waals surface area contributed by atoms with Gasteiger partial charge in [0.25, 0.3) is 10.0 Å². The van der Waals surface area contributed by atoms with Crippen LogP contribution in [0.2, 0.25) is 5.02 Å².